The van der Waals surface area contributed by atoms with E-state index in [1.54, 1.807) is 18.2 Å². The molecule has 8 aromatic carbocycles. The summed E-state index contributed by atoms with van der Waals surface area (Å²) in [5, 5.41) is 8.51. The molecule has 9 aromatic rings. The zero-order valence-corrected chi connectivity index (χ0v) is 56.9. The molecule has 9 rings (SSSR count). The van der Waals surface area contributed by atoms with Gasteiger partial charge in [0.15, 0.2) is 11.4 Å². The van der Waals surface area contributed by atoms with E-state index in [9.17, 15) is 0 Å². The molecular formula is C69H80Cl2FNO3P2PdSi2. The van der Waals surface area contributed by atoms with Crippen molar-refractivity contribution in [2.75, 3.05) is 0 Å². The predicted molar refractivity (Wildman–Crippen MR) is 356 cm³/mol. The molecule has 0 atom stereocenters. The van der Waals surface area contributed by atoms with Crippen LogP contribution in [0.1, 0.15) is 80.5 Å². The first-order chi connectivity index (χ1) is 38.1. The molecule has 4 nitrogen and oxygen atoms in total. The van der Waals surface area contributed by atoms with Crippen LogP contribution < -0.4 is 40.7 Å². The maximum absolute atomic E-state index is 15.0. The fourth-order valence-corrected chi connectivity index (χ4v) is 14.5. The van der Waals surface area contributed by atoms with Gasteiger partial charge < -0.3 is 13.3 Å². The number of aryl methyl sites for hydroxylation is 6. The van der Waals surface area contributed by atoms with Crippen LogP contribution in [0.2, 0.25) is 36.3 Å². The van der Waals surface area contributed by atoms with Crippen LogP contribution in [0.25, 0.3) is 28.6 Å². The van der Waals surface area contributed by atoms with Crippen LogP contribution in [0.4, 0.5) is 4.39 Å². The average molecular weight is 1290 g/mol. The van der Waals surface area contributed by atoms with Gasteiger partial charge >= 0.3 is 35.0 Å². The summed E-state index contributed by atoms with van der Waals surface area (Å²) in [5.41, 5.74) is 10.5. The van der Waals surface area contributed by atoms with Gasteiger partial charge in [-0.25, -0.2) is 9.37 Å². The van der Waals surface area contributed by atoms with Crippen molar-refractivity contribution in [1.82, 2.24) is 4.98 Å². The number of nitrogens with zero attached hydrogens (tertiary/aromatic N) is 1. The number of hydrogen-bond acceptors (Lipinski definition) is 4. The molecule has 12 heteroatoms. The Morgan fingerprint density at radius 3 is 1.09 bits per heavy atom. The minimum absolute atomic E-state index is 0.0241. The van der Waals surface area contributed by atoms with Gasteiger partial charge in [-0.3, -0.25) is 0 Å². The van der Waals surface area contributed by atoms with Gasteiger partial charge in [-0.1, -0.05) is 233 Å². The Kier molecular flexibility index (Phi) is 23.0. The van der Waals surface area contributed by atoms with Crippen LogP contribution >= 0.6 is 34.9 Å². The SMILES string of the molecule is C=Cc1cc(O[Si](C)(C)C(C)(C)C)cc2nc(-c3ccc(O[Si](C)(C)C(C)(C)C)c(F)c3)oc12.Cc1ccc(P(c2ccc(C)cc2)c2ccc(C)cc2)cc1.Cc1ccc(P(c2ccc(C)cc2)c2ccc(C)cc2)cc1.[Cl][Pd][Cl]. The van der Waals surface area contributed by atoms with Crippen LogP contribution in [-0.2, 0) is 15.9 Å². The van der Waals surface area contributed by atoms with Gasteiger partial charge in [0.05, 0.1) is 0 Å². The van der Waals surface area contributed by atoms with E-state index in [0.717, 1.165) is 11.3 Å². The predicted octanol–water partition coefficient (Wildman–Crippen LogP) is 19.2. The molecule has 0 N–H and O–H groups in total. The van der Waals surface area contributed by atoms with E-state index >= 15 is 4.39 Å². The van der Waals surface area contributed by atoms with Gasteiger partial charge in [0, 0.05) is 17.2 Å². The van der Waals surface area contributed by atoms with Gasteiger partial charge in [-0.2, -0.15) is 0 Å². The van der Waals surface area contributed by atoms with Crippen LogP contribution in [0.15, 0.2) is 187 Å². The van der Waals surface area contributed by atoms with Crippen LogP contribution in [0.5, 0.6) is 11.5 Å². The molecule has 0 saturated heterocycles. The number of benzene rings is 8. The van der Waals surface area contributed by atoms with Crippen molar-refractivity contribution >= 4 is 101 Å². The van der Waals surface area contributed by atoms with E-state index in [0.29, 0.717) is 22.6 Å². The Morgan fingerprint density at radius 1 is 0.494 bits per heavy atom. The summed E-state index contributed by atoms with van der Waals surface area (Å²) in [6.07, 6.45) is 1.73. The second kappa shape index (κ2) is 28.5. The molecule has 1 aromatic heterocycles. The van der Waals surface area contributed by atoms with Crippen molar-refractivity contribution in [2.45, 2.75) is 119 Å². The Morgan fingerprint density at radius 2 is 0.802 bits per heavy atom. The van der Waals surface area contributed by atoms with Crippen molar-refractivity contribution in [3.63, 3.8) is 0 Å². The topological polar surface area (TPSA) is 44.5 Å². The summed E-state index contributed by atoms with van der Waals surface area (Å²) in [7, 11) is 4.48. The van der Waals surface area contributed by atoms with E-state index < -0.39 is 38.3 Å². The summed E-state index contributed by atoms with van der Waals surface area (Å²) in [6, 6.07) is 62.6. The molecule has 0 aliphatic heterocycles. The van der Waals surface area contributed by atoms with Gasteiger partial charge in [0.25, 0.3) is 8.32 Å². The monoisotopic (exact) mass is 1280 g/mol. The molecule has 0 aliphatic rings. The van der Waals surface area contributed by atoms with Gasteiger partial charge in [-0.15, -0.1) is 0 Å². The fourth-order valence-electron chi connectivity index (χ4n) is 8.02. The van der Waals surface area contributed by atoms with Crippen LogP contribution in [0.3, 0.4) is 0 Å². The zero-order chi connectivity index (χ0) is 59.5. The standard InChI is InChI=1S/C27H38FNO3Si2.2C21H21P.2ClH.Pd/c1-12-18-15-20(31-33(8,9)26(2,3)4)17-22-24(18)30-25(29-22)19-13-14-23(21(28)16-19)32-34(10,11)27(5,6)7;2*1-16-4-10-19(11-5-16)22(20-12-6-17(2)7-13-20)21-14-8-18(3)9-15-21;;;/h12-17H,1H2,2-11H3;2*4-15H,1-3H3;2*1H;/q;;;;;+2/p-2. The second-order valence-electron chi connectivity index (χ2n) is 23.7. The molecule has 81 heavy (non-hydrogen) atoms. The van der Waals surface area contributed by atoms with Crippen molar-refractivity contribution in [3.8, 4) is 23.0 Å². The minimum atomic E-state index is -2.15. The third kappa shape index (κ3) is 17.8. The molecule has 0 saturated carbocycles. The molecule has 1 heterocycles. The van der Waals surface area contributed by atoms with E-state index in [4.69, 9.17) is 32.3 Å². The second-order valence-corrected chi connectivity index (χ2v) is 39.9. The maximum atomic E-state index is 15.0. The Hall–Kier alpha value is -4.96. The number of fused-ring (bicyclic) bond motifs is 1. The third-order valence-electron chi connectivity index (χ3n) is 15.0. The molecule has 0 spiro atoms. The van der Waals surface area contributed by atoms with Gasteiger partial charge in [0.1, 0.15) is 17.0 Å². The molecule has 0 unspecified atom stereocenters. The molecule has 0 amide bonds. The molecular weight excluding hydrogens is 1210 g/mol. The van der Waals surface area contributed by atoms with Gasteiger partial charge in [-0.05, 0) is 150 Å². The first kappa shape index (κ1) is 65.2. The summed E-state index contributed by atoms with van der Waals surface area (Å²) in [5.74, 6) is 0.942. The first-order valence-electron chi connectivity index (χ1n) is 27.2. The van der Waals surface area contributed by atoms with E-state index in [1.807, 2.05) is 12.1 Å². The van der Waals surface area contributed by atoms with E-state index in [-0.39, 0.29) is 31.8 Å². The number of aromatic nitrogens is 1. The van der Waals surface area contributed by atoms with Crippen LogP contribution in [-0.4, -0.2) is 21.6 Å². The van der Waals surface area contributed by atoms with E-state index in [2.05, 4.69) is 266 Å². The van der Waals surface area contributed by atoms with E-state index in [1.165, 1.54) is 71.3 Å². The Bertz CT molecular complexity index is 3120. The zero-order valence-electron chi connectivity index (χ0n) is 50.0. The number of rotatable bonds is 12. The molecule has 428 valence electrons. The molecule has 0 bridgehead atoms. The Balaban J connectivity index is 0.000000197. The van der Waals surface area contributed by atoms with Crippen molar-refractivity contribution in [3.05, 3.63) is 227 Å². The number of hydrogen-bond donors (Lipinski definition) is 0. The first-order valence-corrected chi connectivity index (χ1v) is 39.7. The van der Waals surface area contributed by atoms with Crippen LogP contribution in [0, 0.1) is 47.4 Å². The van der Waals surface area contributed by atoms with Gasteiger partial charge in [0.2, 0.25) is 14.2 Å². The quantitative estimate of drug-likeness (QED) is 0.0903. The van der Waals surface area contributed by atoms with Crippen molar-refractivity contribution < 1.29 is 33.6 Å². The summed E-state index contributed by atoms with van der Waals surface area (Å²) in [6.45, 7) is 38.4. The number of halogens is 3. The summed E-state index contributed by atoms with van der Waals surface area (Å²) >= 11 is -0.106. The van der Waals surface area contributed by atoms with Crippen molar-refractivity contribution in [2.24, 2.45) is 0 Å². The molecule has 0 radical (unpaired) electrons. The fraction of sp³-hybridized carbons (Fsp3) is 0.261. The normalized spacial score (nSPS) is 11.8. The molecule has 0 fully saturated rings. The average Bonchev–Trinajstić information content (AvgIpc) is 4.01. The Labute approximate surface area is 504 Å². The summed E-state index contributed by atoms with van der Waals surface area (Å²) in [4.78, 5) is 4.65. The van der Waals surface area contributed by atoms with Crippen molar-refractivity contribution in [1.29, 1.82) is 0 Å². The molecule has 0 aliphatic carbocycles. The summed E-state index contributed by atoms with van der Waals surface area (Å²) < 4.78 is 33.7. The number of oxazole rings is 1. The third-order valence-corrected chi connectivity index (χ3v) is 28.6.